The smallest absolute Gasteiger partial charge is 0.0946 e. The third kappa shape index (κ3) is 3.61. The summed E-state index contributed by atoms with van der Waals surface area (Å²) in [4.78, 5) is 4.10. The van der Waals surface area contributed by atoms with Crippen molar-refractivity contribution in [3.8, 4) is 0 Å². The van der Waals surface area contributed by atoms with Crippen LogP contribution in [0.25, 0.3) is 0 Å². The largest absolute Gasteiger partial charge is 0.337 e. The summed E-state index contributed by atoms with van der Waals surface area (Å²) in [6.45, 7) is 5.56. The third-order valence-electron chi connectivity index (χ3n) is 3.36. The van der Waals surface area contributed by atoms with Gasteiger partial charge in [-0.2, -0.15) is 0 Å². The van der Waals surface area contributed by atoms with Crippen LogP contribution in [0, 0.1) is 11.8 Å². The molecule has 0 aliphatic heterocycles. The molecule has 3 heteroatoms. The fraction of sp³-hybridized carbons (Fsp3) is 0.400. The SMILES string of the molecule is CC(C)C(Cc1ccc(Cl)cc1)Cn1ccnc1. The Morgan fingerprint density at radius 2 is 1.94 bits per heavy atom. The van der Waals surface area contributed by atoms with Gasteiger partial charge >= 0.3 is 0 Å². The van der Waals surface area contributed by atoms with Gasteiger partial charge in [-0.05, 0) is 36.0 Å². The first-order valence-corrected chi connectivity index (χ1v) is 6.73. The van der Waals surface area contributed by atoms with Crippen molar-refractivity contribution in [3.05, 3.63) is 53.6 Å². The Labute approximate surface area is 114 Å². The average molecular weight is 263 g/mol. The molecule has 0 saturated heterocycles. The highest BCUT2D eigenvalue weighted by molar-refractivity contribution is 6.30. The number of rotatable bonds is 5. The van der Waals surface area contributed by atoms with Crippen LogP contribution in [-0.4, -0.2) is 9.55 Å². The number of nitrogens with zero attached hydrogens (tertiary/aromatic N) is 2. The van der Waals surface area contributed by atoms with Gasteiger partial charge in [0.1, 0.15) is 0 Å². The van der Waals surface area contributed by atoms with Crippen molar-refractivity contribution in [2.45, 2.75) is 26.8 Å². The summed E-state index contributed by atoms with van der Waals surface area (Å²) >= 11 is 5.91. The number of halogens is 1. The predicted octanol–water partition coefficient (Wildman–Crippen LogP) is 4.05. The first-order valence-electron chi connectivity index (χ1n) is 6.35. The van der Waals surface area contributed by atoms with Crippen molar-refractivity contribution in [2.75, 3.05) is 0 Å². The quantitative estimate of drug-likeness (QED) is 0.795. The van der Waals surface area contributed by atoms with E-state index in [1.54, 1.807) is 0 Å². The van der Waals surface area contributed by atoms with Crippen molar-refractivity contribution in [3.63, 3.8) is 0 Å². The lowest BCUT2D eigenvalue weighted by molar-refractivity contribution is 0.332. The van der Waals surface area contributed by atoms with E-state index < -0.39 is 0 Å². The summed E-state index contributed by atoms with van der Waals surface area (Å²) in [5, 5.41) is 0.800. The molecule has 0 bridgehead atoms. The molecular formula is C15H19ClN2. The van der Waals surface area contributed by atoms with Crippen molar-refractivity contribution in [1.82, 2.24) is 9.55 Å². The van der Waals surface area contributed by atoms with Crippen LogP contribution in [0.15, 0.2) is 43.0 Å². The van der Waals surface area contributed by atoms with E-state index in [1.807, 2.05) is 30.9 Å². The highest BCUT2D eigenvalue weighted by atomic mass is 35.5. The molecule has 0 spiro atoms. The van der Waals surface area contributed by atoms with Gasteiger partial charge in [-0.25, -0.2) is 4.98 Å². The Kier molecular flexibility index (Phi) is 4.43. The van der Waals surface area contributed by atoms with Crippen LogP contribution < -0.4 is 0 Å². The van der Waals surface area contributed by atoms with Gasteiger partial charge in [0.05, 0.1) is 6.33 Å². The zero-order valence-electron chi connectivity index (χ0n) is 10.9. The molecule has 0 amide bonds. The molecule has 96 valence electrons. The maximum absolute atomic E-state index is 5.91. The van der Waals surface area contributed by atoms with Crippen molar-refractivity contribution >= 4 is 11.6 Å². The summed E-state index contributed by atoms with van der Waals surface area (Å²) in [5.41, 5.74) is 1.35. The second-order valence-electron chi connectivity index (χ2n) is 5.09. The van der Waals surface area contributed by atoms with Gasteiger partial charge in [0, 0.05) is 24.0 Å². The fourth-order valence-electron chi connectivity index (χ4n) is 2.10. The maximum Gasteiger partial charge on any atom is 0.0946 e. The zero-order valence-corrected chi connectivity index (χ0v) is 11.6. The Morgan fingerprint density at radius 3 is 2.50 bits per heavy atom. The van der Waals surface area contributed by atoms with Crippen LogP contribution in [0.5, 0.6) is 0 Å². The second kappa shape index (κ2) is 6.05. The van der Waals surface area contributed by atoms with E-state index in [4.69, 9.17) is 11.6 Å². The first-order chi connectivity index (χ1) is 8.65. The standard InChI is InChI=1S/C15H19ClN2/c1-12(2)14(10-18-8-7-17-11-18)9-13-3-5-15(16)6-4-13/h3-8,11-12,14H,9-10H2,1-2H3. The van der Waals surface area contributed by atoms with Crippen LogP contribution in [-0.2, 0) is 13.0 Å². The number of aromatic nitrogens is 2. The molecule has 18 heavy (non-hydrogen) atoms. The highest BCUT2D eigenvalue weighted by Gasteiger charge is 2.14. The molecule has 0 fully saturated rings. The zero-order chi connectivity index (χ0) is 13.0. The van der Waals surface area contributed by atoms with Crippen molar-refractivity contribution < 1.29 is 0 Å². The van der Waals surface area contributed by atoms with E-state index in [0.29, 0.717) is 11.8 Å². The van der Waals surface area contributed by atoms with E-state index in [1.165, 1.54) is 5.56 Å². The Hall–Kier alpha value is -1.28. The number of hydrogen-bond acceptors (Lipinski definition) is 1. The van der Waals surface area contributed by atoms with Crippen LogP contribution in [0.4, 0.5) is 0 Å². The molecule has 0 saturated carbocycles. The fourth-order valence-corrected chi connectivity index (χ4v) is 2.23. The minimum Gasteiger partial charge on any atom is -0.337 e. The molecule has 0 radical (unpaired) electrons. The van der Waals surface area contributed by atoms with Gasteiger partial charge in [0.25, 0.3) is 0 Å². The van der Waals surface area contributed by atoms with Crippen LogP contribution in [0.1, 0.15) is 19.4 Å². The Bertz CT molecular complexity index is 460. The Morgan fingerprint density at radius 1 is 1.22 bits per heavy atom. The summed E-state index contributed by atoms with van der Waals surface area (Å²) in [6, 6.07) is 8.16. The van der Waals surface area contributed by atoms with Crippen molar-refractivity contribution in [2.24, 2.45) is 11.8 Å². The number of hydrogen-bond donors (Lipinski definition) is 0. The lowest BCUT2D eigenvalue weighted by Gasteiger charge is -2.21. The van der Waals surface area contributed by atoms with Gasteiger partial charge in [-0.1, -0.05) is 37.6 Å². The molecule has 1 aromatic carbocycles. The lowest BCUT2D eigenvalue weighted by Crippen LogP contribution is -2.18. The highest BCUT2D eigenvalue weighted by Crippen LogP contribution is 2.20. The molecular weight excluding hydrogens is 244 g/mol. The molecule has 1 unspecified atom stereocenters. The van der Waals surface area contributed by atoms with Gasteiger partial charge < -0.3 is 4.57 Å². The average Bonchev–Trinajstić information content (AvgIpc) is 2.84. The molecule has 0 N–H and O–H groups in total. The van der Waals surface area contributed by atoms with Gasteiger partial charge in [0.15, 0.2) is 0 Å². The lowest BCUT2D eigenvalue weighted by atomic mass is 9.89. The molecule has 1 atom stereocenters. The number of benzene rings is 1. The van der Waals surface area contributed by atoms with Crippen LogP contribution in [0.3, 0.4) is 0 Å². The van der Waals surface area contributed by atoms with Crippen molar-refractivity contribution in [1.29, 1.82) is 0 Å². The van der Waals surface area contributed by atoms with Gasteiger partial charge in [0.2, 0.25) is 0 Å². The monoisotopic (exact) mass is 262 g/mol. The molecule has 2 rings (SSSR count). The molecule has 1 heterocycles. The predicted molar refractivity (Wildman–Crippen MR) is 75.7 cm³/mol. The molecule has 2 aromatic rings. The molecule has 2 nitrogen and oxygen atoms in total. The number of imidazole rings is 1. The van der Waals surface area contributed by atoms with E-state index in [0.717, 1.165) is 18.0 Å². The van der Waals surface area contributed by atoms with Crippen LogP contribution >= 0.6 is 11.6 Å². The summed E-state index contributed by atoms with van der Waals surface area (Å²) < 4.78 is 2.15. The van der Waals surface area contributed by atoms with E-state index in [-0.39, 0.29) is 0 Å². The van der Waals surface area contributed by atoms with E-state index >= 15 is 0 Å². The third-order valence-corrected chi connectivity index (χ3v) is 3.61. The molecule has 0 aliphatic carbocycles. The maximum atomic E-state index is 5.91. The summed E-state index contributed by atoms with van der Waals surface area (Å²) in [6.07, 6.45) is 6.82. The molecule has 0 aliphatic rings. The van der Waals surface area contributed by atoms with Crippen LogP contribution in [0.2, 0.25) is 5.02 Å². The van der Waals surface area contributed by atoms with E-state index in [2.05, 4.69) is 35.5 Å². The normalized spacial score (nSPS) is 12.9. The summed E-state index contributed by atoms with van der Waals surface area (Å²) in [5.74, 6) is 1.25. The second-order valence-corrected chi connectivity index (χ2v) is 5.53. The first kappa shape index (κ1) is 13.2. The topological polar surface area (TPSA) is 17.8 Å². The van der Waals surface area contributed by atoms with Gasteiger partial charge in [-0.15, -0.1) is 0 Å². The Balaban J connectivity index is 2.04. The minimum absolute atomic E-state index is 0.611. The minimum atomic E-state index is 0.611. The van der Waals surface area contributed by atoms with Gasteiger partial charge in [-0.3, -0.25) is 0 Å². The molecule has 1 aromatic heterocycles. The van der Waals surface area contributed by atoms with E-state index in [9.17, 15) is 0 Å². The summed E-state index contributed by atoms with van der Waals surface area (Å²) in [7, 11) is 0.